The summed E-state index contributed by atoms with van der Waals surface area (Å²) in [5, 5.41) is 13.5. The summed E-state index contributed by atoms with van der Waals surface area (Å²) in [5.74, 6) is 0.487. The number of nitrogens with zero attached hydrogens (tertiary/aromatic N) is 3. The van der Waals surface area contributed by atoms with Crippen molar-refractivity contribution in [3.8, 4) is 0 Å². The first-order valence-corrected chi connectivity index (χ1v) is 5.17. The quantitative estimate of drug-likeness (QED) is 0.623. The number of rotatable bonds is 3. The van der Waals surface area contributed by atoms with Crippen molar-refractivity contribution in [2.45, 2.75) is 6.54 Å². The van der Waals surface area contributed by atoms with Crippen molar-refractivity contribution in [1.29, 1.82) is 0 Å². The Labute approximate surface area is 98.4 Å². The van der Waals surface area contributed by atoms with Gasteiger partial charge in [0.2, 0.25) is 0 Å². The molecule has 0 atom stereocenters. The molecule has 0 unspecified atom stereocenters. The maximum Gasteiger partial charge on any atom is 0.274 e. The number of nitro groups is 1. The van der Waals surface area contributed by atoms with Gasteiger partial charge in [-0.25, -0.2) is 0 Å². The lowest BCUT2D eigenvalue weighted by atomic mass is 10.2. The van der Waals surface area contributed by atoms with E-state index >= 15 is 0 Å². The predicted octanol–water partition coefficient (Wildman–Crippen LogP) is 1.08. The molecule has 0 aromatic carbocycles. The lowest BCUT2D eigenvalue weighted by Crippen LogP contribution is -2.32. The van der Waals surface area contributed by atoms with Gasteiger partial charge >= 0.3 is 0 Å². The average molecular weight is 232 g/mol. The third-order valence-corrected chi connectivity index (χ3v) is 2.30. The van der Waals surface area contributed by atoms with E-state index in [9.17, 15) is 10.1 Å². The van der Waals surface area contributed by atoms with Gasteiger partial charge in [-0.3, -0.25) is 15.1 Å². The zero-order valence-electron chi connectivity index (χ0n) is 9.11. The van der Waals surface area contributed by atoms with Crippen LogP contribution in [0.3, 0.4) is 0 Å². The summed E-state index contributed by atoms with van der Waals surface area (Å²) in [6.07, 6.45) is 8.15. The first-order valence-electron chi connectivity index (χ1n) is 5.17. The number of pyridine rings is 1. The van der Waals surface area contributed by atoms with E-state index in [0.29, 0.717) is 18.9 Å². The molecule has 1 aromatic heterocycles. The summed E-state index contributed by atoms with van der Waals surface area (Å²) < 4.78 is 0. The molecule has 0 saturated heterocycles. The molecule has 17 heavy (non-hydrogen) atoms. The van der Waals surface area contributed by atoms with E-state index in [1.54, 1.807) is 17.3 Å². The van der Waals surface area contributed by atoms with Gasteiger partial charge in [-0.2, -0.15) is 0 Å². The zero-order chi connectivity index (χ0) is 12.1. The van der Waals surface area contributed by atoms with Gasteiger partial charge in [0, 0.05) is 25.1 Å². The van der Waals surface area contributed by atoms with Crippen LogP contribution in [0.2, 0.25) is 0 Å². The Morgan fingerprint density at radius 1 is 1.65 bits per heavy atom. The molecule has 0 bridgehead atoms. The second-order valence-corrected chi connectivity index (χ2v) is 3.55. The fourth-order valence-corrected chi connectivity index (χ4v) is 1.57. The van der Waals surface area contributed by atoms with Crippen molar-refractivity contribution in [3.05, 3.63) is 64.5 Å². The minimum absolute atomic E-state index is 0.461. The summed E-state index contributed by atoms with van der Waals surface area (Å²) >= 11 is 0. The molecule has 2 heterocycles. The monoisotopic (exact) mass is 232 g/mol. The first kappa shape index (κ1) is 11.1. The average Bonchev–Trinajstić information content (AvgIpc) is 2.32. The molecule has 0 saturated carbocycles. The molecule has 88 valence electrons. The standard InChI is InChI=1S/C11H12N4O2/c16-15(17)9-11-13-5-2-6-14(11)8-10-3-1-4-12-7-10/h1-4,6-7,9,13H,5,8H2. The fraction of sp³-hybridized carbons (Fsp3) is 0.182. The topological polar surface area (TPSA) is 71.3 Å². The van der Waals surface area contributed by atoms with E-state index in [4.69, 9.17) is 0 Å². The van der Waals surface area contributed by atoms with Crippen LogP contribution in [0.1, 0.15) is 5.56 Å². The summed E-state index contributed by atoms with van der Waals surface area (Å²) in [6, 6.07) is 3.77. The van der Waals surface area contributed by atoms with Crippen molar-refractivity contribution in [1.82, 2.24) is 15.2 Å². The number of nitrogens with one attached hydrogen (secondary N) is 1. The SMILES string of the molecule is O=[N+]([O-])C=C1NCC=CN1Cc1cccnc1. The number of aromatic nitrogens is 1. The Hall–Kier alpha value is -2.37. The van der Waals surface area contributed by atoms with Crippen LogP contribution < -0.4 is 5.32 Å². The molecule has 1 aromatic rings. The highest BCUT2D eigenvalue weighted by atomic mass is 16.6. The van der Waals surface area contributed by atoms with Gasteiger partial charge in [-0.1, -0.05) is 6.07 Å². The highest BCUT2D eigenvalue weighted by molar-refractivity contribution is 5.14. The molecular formula is C11H12N4O2. The largest absolute Gasteiger partial charge is 0.363 e. The number of hydrogen-bond acceptors (Lipinski definition) is 5. The second-order valence-electron chi connectivity index (χ2n) is 3.55. The smallest absolute Gasteiger partial charge is 0.274 e. The highest BCUT2D eigenvalue weighted by Crippen LogP contribution is 2.11. The van der Waals surface area contributed by atoms with Gasteiger partial charge in [-0.15, -0.1) is 0 Å². The predicted molar refractivity (Wildman–Crippen MR) is 62.0 cm³/mol. The van der Waals surface area contributed by atoms with Crippen molar-refractivity contribution >= 4 is 0 Å². The molecule has 0 amide bonds. The lowest BCUT2D eigenvalue weighted by molar-refractivity contribution is -0.404. The van der Waals surface area contributed by atoms with Crippen LogP contribution in [-0.4, -0.2) is 21.4 Å². The van der Waals surface area contributed by atoms with Crippen molar-refractivity contribution in [3.63, 3.8) is 0 Å². The van der Waals surface area contributed by atoms with Crippen LogP contribution in [0.25, 0.3) is 0 Å². The molecule has 0 fully saturated rings. The fourth-order valence-electron chi connectivity index (χ4n) is 1.57. The van der Waals surface area contributed by atoms with Gasteiger partial charge in [0.15, 0.2) is 5.82 Å². The maximum absolute atomic E-state index is 10.5. The Bertz CT molecular complexity index is 456. The summed E-state index contributed by atoms with van der Waals surface area (Å²) in [5.41, 5.74) is 0.995. The minimum atomic E-state index is -0.461. The molecule has 2 rings (SSSR count). The van der Waals surface area contributed by atoms with E-state index in [2.05, 4.69) is 10.3 Å². The summed E-state index contributed by atoms with van der Waals surface area (Å²) in [7, 11) is 0. The Kier molecular flexibility index (Phi) is 3.34. The molecule has 0 aliphatic carbocycles. The van der Waals surface area contributed by atoms with Crippen LogP contribution >= 0.6 is 0 Å². The van der Waals surface area contributed by atoms with Gasteiger partial charge in [-0.05, 0) is 17.7 Å². The molecule has 0 spiro atoms. The molecule has 6 heteroatoms. The Morgan fingerprint density at radius 2 is 2.53 bits per heavy atom. The Morgan fingerprint density at radius 3 is 3.24 bits per heavy atom. The van der Waals surface area contributed by atoms with Gasteiger partial charge in [0.1, 0.15) is 0 Å². The van der Waals surface area contributed by atoms with E-state index in [0.717, 1.165) is 11.8 Å². The van der Waals surface area contributed by atoms with E-state index in [1.165, 1.54) is 0 Å². The van der Waals surface area contributed by atoms with Crippen LogP contribution in [0.5, 0.6) is 0 Å². The first-order chi connectivity index (χ1) is 8.25. The molecule has 6 nitrogen and oxygen atoms in total. The van der Waals surface area contributed by atoms with Crippen molar-refractivity contribution in [2.75, 3.05) is 6.54 Å². The lowest BCUT2D eigenvalue weighted by Gasteiger charge is -2.25. The van der Waals surface area contributed by atoms with Crippen LogP contribution in [0.4, 0.5) is 0 Å². The van der Waals surface area contributed by atoms with Gasteiger partial charge in [0.05, 0.1) is 11.5 Å². The van der Waals surface area contributed by atoms with E-state index in [1.807, 2.05) is 24.4 Å². The van der Waals surface area contributed by atoms with Crippen LogP contribution in [-0.2, 0) is 6.54 Å². The van der Waals surface area contributed by atoms with E-state index < -0.39 is 4.92 Å². The summed E-state index contributed by atoms with van der Waals surface area (Å²) in [6.45, 7) is 1.15. The van der Waals surface area contributed by atoms with Gasteiger partial charge < -0.3 is 10.2 Å². The summed E-state index contributed by atoms with van der Waals surface area (Å²) in [4.78, 5) is 15.8. The van der Waals surface area contributed by atoms with Gasteiger partial charge in [0.25, 0.3) is 6.20 Å². The zero-order valence-corrected chi connectivity index (χ0v) is 9.11. The normalized spacial score (nSPS) is 16.9. The Balaban J connectivity index is 2.15. The molecular weight excluding hydrogens is 220 g/mol. The molecule has 0 radical (unpaired) electrons. The second kappa shape index (κ2) is 5.11. The minimum Gasteiger partial charge on any atom is -0.363 e. The van der Waals surface area contributed by atoms with Crippen molar-refractivity contribution in [2.24, 2.45) is 0 Å². The third kappa shape index (κ3) is 3.04. The molecule has 1 aliphatic rings. The molecule has 1 N–H and O–H groups in total. The van der Waals surface area contributed by atoms with Crippen LogP contribution in [0.15, 0.2) is 48.8 Å². The maximum atomic E-state index is 10.5. The van der Waals surface area contributed by atoms with E-state index in [-0.39, 0.29) is 0 Å². The highest BCUT2D eigenvalue weighted by Gasteiger charge is 2.13. The number of hydrogen-bond donors (Lipinski definition) is 1. The van der Waals surface area contributed by atoms with Crippen LogP contribution in [0, 0.1) is 10.1 Å². The van der Waals surface area contributed by atoms with Crippen molar-refractivity contribution < 1.29 is 4.92 Å². The molecule has 1 aliphatic heterocycles. The third-order valence-electron chi connectivity index (χ3n) is 2.30.